The molecular formula is C24H22NO3+. The molecule has 0 fully saturated rings. The van der Waals surface area contributed by atoms with Crippen LogP contribution in [0, 0.1) is 6.92 Å². The number of hydrogen-bond acceptors (Lipinski definition) is 3. The number of ether oxygens (including phenoxy) is 1. The fourth-order valence-corrected chi connectivity index (χ4v) is 3.47. The van der Waals surface area contributed by atoms with E-state index in [1.807, 2.05) is 26.2 Å². The SMILES string of the molecule is COC(=O)c1ccc(-c2c3ccc(=[N+](C)C)cc-3oc3cc(C)ccc23)cc1. The van der Waals surface area contributed by atoms with Gasteiger partial charge in [0.2, 0.25) is 5.36 Å². The third kappa shape index (κ3) is 3.07. The Morgan fingerprint density at radius 2 is 1.71 bits per heavy atom. The van der Waals surface area contributed by atoms with E-state index in [1.165, 1.54) is 7.11 Å². The zero-order chi connectivity index (χ0) is 19.8. The summed E-state index contributed by atoms with van der Waals surface area (Å²) in [5.41, 5.74) is 5.68. The summed E-state index contributed by atoms with van der Waals surface area (Å²) in [5.74, 6) is 0.493. The average Bonchev–Trinajstić information content (AvgIpc) is 2.71. The molecule has 0 atom stereocenters. The van der Waals surface area contributed by atoms with E-state index in [4.69, 9.17) is 9.15 Å². The monoisotopic (exact) mass is 372 g/mol. The molecule has 140 valence electrons. The molecule has 2 aromatic rings. The molecule has 1 heterocycles. The van der Waals surface area contributed by atoms with Gasteiger partial charge in [-0.3, -0.25) is 0 Å². The molecule has 1 aliphatic heterocycles. The van der Waals surface area contributed by atoms with Gasteiger partial charge in [0.05, 0.1) is 18.7 Å². The third-order valence-electron chi connectivity index (χ3n) is 4.97. The van der Waals surface area contributed by atoms with Crippen LogP contribution in [0.5, 0.6) is 0 Å². The topological polar surface area (TPSA) is 42.5 Å². The van der Waals surface area contributed by atoms with Gasteiger partial charge in [-0.05, 0) is 42.3 Å². The minimum Gasteiger partial charge on any atom is -0.465 e. The molecule has 0 bridgehead atoms. The largest absolute Gasteiger partial charge is 0.465 e. The number of rotatable bonds is 2. The highest BCUT2D eigenvalue weighted by Gasteiger charge is 2.18. The summed E-state index contributed by atoms with van der Waals surface area (Å²) in [6, 6.07) is 20.0. The summed E-state index contributed by atoms with van der Waals surface area (Å²) < 4.78 is 13.1. The molecule has 0 spiro atoms. The first-order valence-corrected chi connectivity index (χ1v) is 9.14. The Labute approximate surface area is 163 Å². The van der Waals surface area contributed by atoms with E-state index in [2.05, 4.69) is 47.9 Å². The lowest BCUT2D eigenvalue weighted by Crippen LogP contribution is -2.21. The van der Waals surface area contributed by atoms with Gasteiger partial charge in [-0.15, -0.1) is 0 Å². The number of fused-ring (bicyclic) bond motifs is 2. The van der Waals surface area contributed by atoms with Crippen LogP contribution in [0.25, 0.3) is 33.4 Å². The van der Waals surface area contributed by atoms with Crippen molar-refractivity contribution in [3.63, 3.8) is 0 Å². The highest BCUT2D eigenvalue weighted by atomic mass is 16.5. The van der Waals surface area contributed by atoms with E-state index < -0.39 is 0 Å². The maximum Gasteiger partial charge on any atom is 0.337 e. The van der Waals surface area contributed by atoms with Crippen molar-refractivity contribution in [3.8, 4) is 22.5 Å². The summed E-state index contributed by atoms with van der Waals surface area (Å²) in [7, 11) is 5.41. The fourth-order valence-electron chi connectivity index (χ4n) is 3.47. The lowest BCUT2D eigenvalue weighted by Gasteiger charge is -2.15. The Bertz CT molecular complexity index is 1230. The van der Waals surface area contributed by atoms with Crippen LogP contribution in [-0.4, -0.2) is 27.2 Å². The second-order valence-corrected chi connectivity index (χ2v) is 7.12. The second-order valence-electron chi connectivity index (χ2n) is 7.12. The Morgan fingerprint density at radius 1 is 0.964 bits per heavy atom. The van der Waals surface area contributed by atoms with Crippen molar-refractivity contribution in [3.05, 3.63) is 77.1 Å². The number of hydrogen-bond donors (Lipinski definition) is 0. The van der Waals surface area contributed by atoms with Gasteiger partial charge in [-0.2, -0.15) is 0 Å². The second kappa shape index (κ2) is 6.97. The lowest BCUT2D eigenvalue weighted by molar-refractivity contribution is 0.0601. The van der Waals surface area contributed by atoms with Crippen molar-refractivity contribution in [1.29, 1.82) is 0 Å². The van der Waals surface area contributed by atoms with Crippen LogP contribution in [0.1, 0.15) is 15.9 Å². The average molecular weight is 372 g/mol. The predicted octanol–water partition coefficient (Wildman–Crippen LogP) is 4.33. The smallest absolute Gasteiger partial charge is 0.337 e. The molecule has 2 aromatic carbocycles. The first-order chi connectivity index (χ1) is 13.5. The Kier molecular flexibility index (Phi) is 4.47. The first kappa shape index (κ1) is 18.0. The summed E-state index contributed by atoms with van der Waals surface area (Å²) in [5, 5.41) is 2.12. The molecule has 0 saturated heterocycles. The molecule has 4 heteroatoms. The van der Waals surface area contributed by atoms with E-state index in [9.17, 15) is 4.79 Å². The lowest BCUT2D eigenvalue weighted by atomic mass is 9.93. The summed E-state index contributed by atoms with van der Waals surface area (Å²) in [6.45, 7) is 2.06. The van der Waals surface area contributed by atoms with Gasteiger partial charge in [0, 0.05) is 22.6 Å². The zero-order valence-corrected chi connectivity index (χ0v) is 16.4. The molecule has 0 aromatic heterocycles. The van der Waals surface area contributed by atoms with Crippen molar-refractivity contribution in [2.75, 3.05) is 21.2 Å². The van der Waals surface area contributed by atoms with Gasteiger partial charge in [-0.1, -0.05) is 24.3 Å². The standard InChI is InChI=1S/C24H22NO3/c1-15-5-11-19-21(13-15)28-22-14-18(25(2)3)10-12-20(22)23(19)16-6-8-17(9-7-16)24(26)27-4/h5-14H,1-4H3/q+1. The summed E-state index contributed by atoms with van der Waals surface area (Å²) >= 11 is 0. The van der Waals surface area contributed by atoms with E-state index in [0.717, 1.165) is 44.3 Å². The minimum absolute atomic E-state index is 0.337. The number of aryl methyl sites for hydroxylation is 1. The highest BCUT2D eigenvalue weighted by Crippen LogP contribution is 2.39. The van der Waals surface area contributed by atoms with Crippen LogP contribution in [0.4, 0.5) is 0 Å². The van der Waals surface area contributed by atoms with Crippen LogP contribution in [-0.2, 0) is 4.74 Å². The van der Waals surface area contributed by atoms with Crippen molar-refractivity contribution in [2.24, 2.45) is 0 Å². The number of methoxy groups -OCH3 is 1. The van der Waals surface area contributed by atoms with Crippen molar-refractivity contribution < 1.29 is 13.9 Å². The quantitative estimate of drug-likeness (QED) is 0.299. The molecule has 0 unspecified atom stereocenters. The molecule has 0 radical (unpaired) electrons. The molecule has 2 aliphatic rings. The van der Waals surface area contributed by atoms with Crippen molar-refractivity contribution in [1.82, 2.24) is 4.58 Å². The predicted molar refractivity (Wildman–Crippen MR) is 111 cm³/mol. The van der Waals surface area contributed by atoms with Gasteiger partial charge in [0.1, 0.15) is 25.4 Å². The van der Waals surface area contributed by atoms with Gasteiger partial charge in [0.25, 0.3) is 0 Å². The molecule has 28 heavy (non-hydrogen) atoms. The van der Waals surface area contributed by atoms with Crippen LogP contribution < -0.4 is 9.93 Å². The Morgan fingerprint density at radius 3 is 2.39 bits per heavy atom. The third-order valence-corrected chi connectivity index (χ3v) is 4.97. The summed E-state index contributed by atoms with van der Waals surface area (Å²) in [4.78, 5) is 11.8. The first-order valence-electron chi connectivity index (χ1n) is 9.14. The van der Waals surface area contributed by atoms with E-state index >= 15 is 0 Å². The molecular weight excluding hydrogens is 350 g/mol. The Balaban J connectivity index is 2.04. The maximum atomic E-state index is 11.8. The van der Waals surface area contributed by atoms with Crippen molar-refractivity contribution in [2.45, 2.75) is 6.92 Å². The van der Waals surface area contributed by atoms with E-state index in [1.54, 1.807) is 12.1 Å². The minimum atomic E-state index is -0.337. The molecule has 0 saturated carbocycles. The van der Waals surface area contributed by atoms with Crippen LogP contribution in [0.15, 0.2) is 65.1 Å². The van der Waals surface area contributed by atoms with Crippen LogP contribution in [0.2, 0.25) is 0 Å². The van der Waals surface area contributed by atoms with E-state index in [0.29, 0.717) is 5.56 Å². The molecule has 0 amide bonds. The number of nitrogens with zero attached hydrogens (tertiary/aromatic N) is 1. The number of benzene rings is 3. The molecule has 0 N–H and O–H groups in total. The Hall–Kier alpha value is -3.40. The van der Waals surface area contributed by atoms with Crippen LogP contribution >= 0.6 is 0 Å². The molecule has 1 aliphatic carbocycles. The normalized spacial score (nSPS) is 11.0. The highest BCUT2D eigenvalue weighted by molar-refractivity contribution is 6.02. The molecule has 4 rings (SSSR count). The molecule has 4 nitrogen and oxygen atoms in total. The van der Waals surface area contributed by atoms with Gasteiger partial charge in [0.15, 0.2) is 0 Å². The number of carbonyl (C=O) groups is 1. The van der Waals surface area contributed by atoms with Crippen molar-refractivity contribution >= 4 is 16.9 Å². The van der Waals surface area contributed by atoms with Gasteiger partial charge in [-0.25, -0.2) is 9.37 Å². The summed E-state index contributed by atoms with van der Waals surface area (Å²) in [6.07, 6.45) is 0. The number of esters is 1. The van der Waals surface area contributed by atoms with Crippen LogP contribution in [0.3, 0.4) is 0 Å². The number of carbonyl (C=O) groups excluding carboxylic acids is 1. The van der Waals surface area contributed by atoms with E-state index in [-0.39, 0.29) is 5.97 Å². The van der Waals surface area contributed by atoms with Gasteiger partial charge >= 0.3 is 5.97 Å². The maximum absolute atomic E-state index is 11.8. The zero-order valence-electron chi connectivity index (χ0n) is 16.4. The van der Waals surface area contributed by atoms with Gasteiger partial charge < -0.3 is 9.15 Å². The fraction of sp³-hybridized carbons (Fsp3) is 0.167.